The van der Waals surface area contributed by atoms with Crippen LogP contribution < -0.4 is 5.32 Å². The highest BCUT2D eigenvalue weighted by Gasteiger charge is 2.21. The van der Waals surface area contributed by atoms with Crippen molar-refractivity contribution in [1.29, 1.82) is 0 Å². The van der Waals surface area contributed by atoms with E-state index in [1.54, 1.807) is 54.7 Å². The van der Waals surface area contributed by atoms with Crippen molar-refractivity contribution in [2.24, 2.45) is 14.1 Å². The molecule has 4 rings (SSSR count). The Morgan fingerprint density at radius 2 is 1.81 bits per heavy atom. The van der Waals surface area contributed by atoms with E-state index in [4.69, 9.17) is 4.74 Å². The summed E-state index contributed by atoms with van der Waals surface area (Å²) in [6, 6.07) is 14.3. The van der Waals surface area contributed by atoms with Crippen LogP contribution in [0.5, 0.6) is 0 Å². The first-order valence-electron chi connectivity index (χ1n) is 9.87. The first kappa shape index (κ1) is 21.0. The Bertz CT molecular complexity index is 1340. The Morgan fingerprint density at radius 3 is 2.50 bits per heavy atom. The summed E-state index contributed by atoms with van der Waals surface area (Å²) < 4.78 is 8.41. The Labute approximate surface area is 183 Å². The lowest BCUT2D eigenvalue weighted by molar-refractivity contribution is -0.123. The first-order chi connectivity index (χ1) is 15.3. The van der Waals surface area contributed by atoms with E-state index in [0.717, 1.165) is 5.56 Å². The average Bonchev–Trinajstić information content (AvgIpc) is 3.34. The second kappa shape index (κ2) is 8.46. The van der Waals surface area contributed by atoms with Crippen molar-refractivity contribution in [3.63, 3.8) is 0 Å². The number of esters is 1. The van der Waals surface area contributed by atoms with Gasteiger partial charge in [0.05, 0.1) is 22.3 Å². The smallest absolute Gasteiger partial charge is 0.339 e. The van der Waals surface area contributed by atoms with Crippen LogP contribution in [0, 0.1) is 6.92 Å². The van der Waals surface area contributed by atoms with Crippen LogP contribution in [0.2, 0.25) is 0 Å². The number of ether oxygens (including phenoxy) is 1. The van der Waals surface area contributed by atoms with Crippen LogP contribution in [0.3, 0.4) is 0 Å². The molecule has 1 aromatic carbocycles. The molecule has 1 N–H and O–H groups in total. The van der Waals surface area contributed by atoms with Crippen molar-refractivity contribution in [2.45, 2.75) is 6.92 Å². The molecule has 0 atom stereocenters. The fourth-order valence-electron chi connectivity index (χ4n) is 3.50. The number of rotatable bonds is 5. The summed E-state index contributed by atoms with van der Waals surface area (Å²) in [4.78, 5) is 41.9. The summed E-state index contributed by atoms with van der Waals surface area (Å²) in [6.07, 6.45) is 1.69. The largest absolute Gasteiger partial charge is 0.452 e. The Morgan fingerprint density at radius 1 is 1.06 bits per heavy atom. The Kier molecular flexibility index (Phi) is 5.55. The number of aryl methyl sites for hydroxylation is 3. The fraction of sp³-hybridized carbons (Fsp3) is 0.174. The third-order valence-electron chi connectivity index (χ3n) is 5.02. The Balaban J connectivity index is 1.57. The van der Waals surface area contributed by atoms with Crippen LogP contribution >= 0.6 is 0 Å². The highest BCUT2D eigenvalue weighted by Crippen LogP contribution is 2.27. The van der Waals surface area contributed by atoms with Crippen LogP contribution in [0.25, 0.3) is 22.3 Å². The predicted molar refractivity (Wildman–Crippen MR) is 117 cm³/mol. The fourth-order valence-corrected chi connectivity index (χ4v) is 3.50. The quantitative estimate of drug-likeness (QED) is 0.486. The van der Waals surface area contributed by atoms with E-state index >= 15 is 0 Å². The number of pyridine rings is 1. The lowest BCUT2D eigenvalue weighted by Crippen LogP contribution is -2.35. The van der Waals surface area contributed by atoms with E-state index in [-0.39, 0.29) is 5.56 Å². The molecule has 0 bridgehead atoms. The lowest BCUT2D eigenvalue weighted by atomic mass is 10.1. The second-order valence-corrected chi connectivity index (χ2v) is 7.29. The number of fused-ring (bicyclic) bond motifs is 1. The molecule has 4 aromatic rings. The molecule has 32 heavy (non-hydrogen) atoms. The van der Waals surface area contributed by atoms with Gasteiger partial charge in [-0.05, 0) is 25.1 Å². The molecule has 0 aliphatic heterocycles. The van der Waals surface area contributed by atoms with Crippen LogP contribution in [0.4, 0.5) is 0 Å². The van der Waals surface area contributed by atoms with Gasteiger partial charge in [0, 0.05) is 25.9 Å². The van der Waals surface area contributed by atoms with Crippen molar-refractivity contribution in [2.75, 3.05) is 6.61 Å². The molecule has 3 heterocycles. The van der Waals surface area contributed by atoms with Crippen molar-refractivity contribution in [1.82, 2.24) is 24.6 Å². The van der Waals surface area contributed by atoms with Crippen LogP contribution in [0.15, 0.2) is 54.7 Å². The minimum absolute atomic E-state index is 0.251. The number of carbonyl (C=O) groups is 3. The zero-order valence-electron chi connectivity index (χ0n) is 17.8. The SMILES string of the molecule is Cc1nn(C)c2nc(-c3ccccc3)cc(C(=O)OCC(=O)NC(=O)c3cccn3C)c12. The van der Waals surface area contributed by atoms with E-state index in [1.807, 2.05) is 30.3 Å². The number of carbonyl (C=O) groups excluding carboxylic acids is 3. The second-order valence-electron chi connectivity index (χ2n) is 7.29. The van der Waals surface area contributed by atoms with Gasteiger partial charge in [0.2, 0.25) is 0 Å². The van der Waals surface area contributed by atoms with Gasteiger partial charge in [-0.2, -0.15) is 5.10 Å². The monoisotopic (exact) mass is 431 g/mol. The highest BCUT2D eigenvalue weighted by atomic mass is 16.5. The maximum atomic E-state index is 12.9. The predicted octanol–water partition coefficient (Wildman–Crippen LogP) is 2.40. The van der Waals surface area contributed by atoms with Gasteiger partial charge < -0.3 is 9.30 Å². The molecule has 0 unspecified atom stereocenters. The van der Waals surface area contributed by atoms with Crippen molar-refractivity contribution in [3.8, 4) is 11.3 Å². The number of nitrogens with zero attached hydrogens (tertiary/aromatic N) is 4. The highest BCUT2D eigenvalue weighted by molar-refractivity contribution is 6.07. The third-order valence-corrected chi connectivity index (χ3v) is 5.02. The van der Waals surface area contributed by atoms with Crippen molar-refractivity contribution >= 4 is 28.8 Å². The molecule has 0 aliphatic carbocycles. The zero-order chi connectivity index (χ0) is 22.8. The topological polar surface area (TPSA) is 108 Å². The summed E-state index contributed by atoms with van der Waals surface area (Å²) in [5.74, 6) is -1.99. The number of benzene rings is 1. The van der Waals surface area contributed by atoms with Gasteiger partial charge in [-0.1, -0.05) is 30.3 Å². The van der Waals surface area contributed by atoms with Gasteiger partial charge in [0.25, 0.3) is 11.8 Å². The molecule has 0 spiro atoms. The lowest BCUT2D eigenvalue weighted by Gasteiger charge is -2.09. The van der Waals surface area contributed by atoms with Crippen molar-refractivity contribution < 1.29 is 19.1 Å². The molecular formula is C23H21N5O4. The van der Waals surface area contributed by atoms with E-state index in [9.17, 15) is 14.4 Å². The summed E-state index contributed by atoms with van der Waals surface area (Å²) in [5, 5.41) is 7.13. The molecule has 9 heteroatoms. The first-order valence-corrected chi connectivity index (χ1v) is 9.87. The minimum Gasteiger partial charge on any atom is -0.452 e. The van der Waals surface area contributed by atoms with E-state index in [2.05, 4.69) is 15.4 Å². The van der Waals surface area contributed by atoms with Crippen LogP contribution in [0.1, 0.15) is 26.5 Å². The molecule has 3 aromatic heterocycles. The van der Waals surface area contributed by atoms with Crippen molar-refractivity contribution in [3.05, 3.63) is 71.7 Å². The third kappa shape index (κ3) is 4.00. The summed E-state index contributed by atoms with van der Waals surface area (Å²) in [7, 11) is 3.43. The molecule has 0 fully saturated rings. The molecule has 0 radical (unpaired) electrons. The summed E-state index contributed by atoms with van der Waals surface area (Å²) >= 11 is 0. The average molecular weight is 431 g/mol. The van der Waals surface area contributed by atoms with E-state index in [1.165, 1.54) is 0 Å². The van der Waals surface area contributed by atoms with Gasteiger partial charge >= 0.3 is 5.97 Å². The van der Waals surface area contributed by atoms with Gasteiger partial charge in [-0.15, -0.1) is 0 Å². The van der Waals surface area contributed by atoms with E-state index < -0.39 is 24.4 Å². The number of amides is 2. The zero-order valence-corrected chi connectivity index (χ0v) is 17.8. The number of imide groups is 1. The molecular weight excluding hydrogens is 410 g/mol. The number of hydrogen-bond acceptors (Lipinski definition) is 6. The van der Waals surface area contributed by atoms with Gasteiger partial charge in [0.15, 0.2) is 12.3 Å². The van der Waals surface area contributed by atoms with Gasteiger partial charge in [-0.3, -0.25) is 19.6 Å². The minimum atomic E-state index is -0.721. The summed E-state index contributed by atoms with van der Waals surface area (Å²) in [6.45, 7) is 1.17. The molecule has 2 amide bonds. The standard InChI is InChI=1S/C23H21N5O4/c1-14-20-16(12-17(15-8-5-4-6-9-15)24-21(20)28(3)26-14)23(31)32-13-19(29)25-22(30)18-10-7-11-27(18)2/h4-12H,13H2,1-3H3,(H,25,29,30). The maximum Gasteiger partial charge on any atom is 0.339 e. The van der Waals surface area contributed by atoms with Crippen LogP contribution in [-0.2, 0) is 23.6 Å². The number of nitrogens with one attached hydrogen (secondary N) is 1. The normalized spacial score (nSPS) is 10.8. The van der Waals surface area contributed by atoms with E-state index in [0.29, 0.717) is 28.1 Å². The molecule has 9 nitrogen and oxygen atoms in total. The molecule has 162 valence electrons. The number of hydrogen-bond donors (Lipinski definition) is 1. The molecule has 0 aliphatic rings. The maximum absolute atomic E-state index is 12.9. The molecule has 0 saturated heterocycles. The summed E-state index contributed by atoms with van der Waals surface area (Å²) in [5.41, 5.74) is 3.12. The van der Waals surface area contributed by atoms with Gasteiger partial charge in [-0.25, -0.2) is 9.78 Å². The van der Waals surface area contributed by atoms with Gasteiger partial charge in [0.1, 0.15) is 5.69 Å². The number of aromatic nitrogens is 4. The molecule has 0 saturated carbocycles. The van der Waals surface area contributed by atoms with Crippen LogP contribution in [-0.4, -0.2) is 43.7 Å². The Hall–Kier alpha value is -4.27.